The minimum atomic E-state index is -0.382. The minimum absolute atomic E-state index is 0.0756. The van der Waals surface area contributed by atoms with Crippen molar-refractivity contribution >= 4 is 16.9 Å². The van der Waals surface area contributed by atoms with E-state index >= 15 is 0 Å². The summed E-state index contributed by atoms with van der Waals surface area (Å²) in [6.07, 6.45) is 15.0. The molecule has 0 spiro atoms. The first-order valence-electron chi connectivity index (χ1n) is 13.8. The highest BCUT2D eigenvalue weighted by Gasteiger charge is 2.48. The maximum absolute atomic E-state index is 13.3. The number of H-pyrrole nitrogens is 1. The van der Waals surface area contributed by atoms with E-state index in [1.165, 1.54) is 0 Å². The number of hydrogen-bond donors (Lipinski definition) is 1. The third-order valence-corrected chi connectivity index (χ3v) is 8.11. The summed E-state index contributed by atoms with van der Waals surface area (Å²) < 4.78 is 1.94. The van der Waals surface area contributed by atoms with Crippen LogP contribution in [0.2, 0.25) is 0 Å². The van der Waals surface area contributed by atoms with Crippen LogP contribution in [0.4, 0.5) is 0 Å². The average Bonchev–Trinajstić information content (AvgIpc) is 3.64. The lowest BCUT2D eigenvalue weighted by molar-refractivity contribution is -0.0412. The average molecular weight is 549 g/mol. The van der Waals surface area contributed by atoms with Crippen LogP contribution in [0.15, 0.2) is 43.1 Å². The van der Waals surface area contributed by atoms with Gasteiger partial charge in [-0.1, -0.05) is 5.92 Å². The molecule has 1 N–H and O–H groups in total. The smallest absolute Gasteiger partial charge is 0.272 e. The Labute approximate surface area is 238 Å². The van der Waals surface area contributed by atoms with Gasteiger partial charge in [-0.2, -0.15) is 10.4 Å². The lowest BCUT2D eigenvalue weighted by Crippen LogP contribution is -2.66. The van der Waals surface area contributed by atoms with Gasteiger partial charge in [0.2, 0.25) is 0 Å². The molecular formula is C30H32N10O. The van der Waals surface area contributed by atoms with E-state index in [-0.39, 0.29) is 11.4 Å². The molecule has 0 radical (unpaired) electrons. The number of carbonyl (C=O) groups is 1. The van der Waals surface area contributed by atoms with E-state index in [1.54, 1.807) is 12.4 Å². The highest BCUT2D eigenvalue weighted by Crippen LogP contribution is 2.37. The van der Waals surface area contributed by atoms with E-state index < -0.39 is 0 Å². The molecule has 11 heteroatoms. The quantitative estimate of drug-likeness (QED) is 0.350. The monoisotopic (exact) mass is 548 g/mol. The Balaban J connectivity index is 1.11. The van der Waals surface area contributed by atoms with Gasteiger partial charge in [0.25, 0.3) is 5.91 Å². The van der Waals surface area contributed by atoms with E-state index in [0.29, 0.717) is 43.4 Å². The molecule has 208 valence electrons. The van der Waals surface area contributed by atoms with Gasteiger partial charge in [-0.25, -0.2) is 15.0 Å². The molecule has 0 atom stereocenters. The number of nitrogens with one attached hydrogen (secondary N) is 1. The number of terminal acetylenes is 1. The van der Waals surface area contributed by atoms with Gasteiger partial charge in [0, 0.05) is 67.7 Å². The number of aromatic nitrogens is 6. The maximum atomic E-state index is 13.3. The normalized spacial score (nSPS) is 17.3. The van der Waals surface area contributed by atoms with Gasteiger partial charge in [-0.05, 0) is 45.1 Å². The molecular weight excluding hydrogens is 516 g/mol. The molecule has 0 unspecified atom stereocenters. The molecule has 4 aromatic rings. The fourth-order valence-electron chi connectivity index (χ4n) is 6.04. The highest BCUT2D eigenvalue weighted by molar-refractivity contribution is 5.93. The first kappa shape index (κ1) is 26.6. The number of pyridine rings is 1. The van der Waals surface area contributed by atoms with Gasteiger partial charge >= 0.3 is 0 Å². The number of fused-ring (bicyclic) bond motifs is 1. The van der Waals surface area contributed by atoms with Crippen molar-refractivity contribution in [2.24, 2.45) is 0 Å². The first-order valence-corrected chi connectivity index (χ1v) is 13.8. The van der Waals surface area contributed by atoms with E-state index in [9.17, 15) is 10.1 Å². The van der Waals surface area contributed by atoms with Crippen molar-refractivity contribution in [2.45, 2.75) is 37.4 Å². The van der Waals surface area contributed by atoms with Gasteiger partial charge in [-0.3, -0.25) is 14.4 Å². The second kappa shape index (κ2) is 10.8. The molecule has 2 aliphatic heterocycles. The zero-order chi connectivity index (χ0) is 28.6. The molecule has 4 aromatic heterocycles. The van der Waals surface area contributed by atoms with Crippen molar-refractivity contribution in [3.8, 4) is 29.7 Å². The fourth-order valence-corrected chi connectivity index (χ4v) is 6.04. The molecule has 2 saturated heterocycles. The topological polar surface area (TPSA) is 123 Å². The minimum Gasteiger partial charge on any atom is -0.346 e. The zero-order valence-electron chi connectivity index (χ0n) is 23.3. The van der Waals surface area contributed by atoms with Gasteiger partial charge < -0.3 is 14.8 Å². The van der Waals surface area contributed by atoms with Crippen LogP contribution in [-0.4, -0.2) is 96.6 Å². The van der Waals surface area contributed by atoms with Crippen LogP contribution in [0, 0.1) is 23.7 Å². The van der Waals surface area contributed by atoms with Gasteiger partial charge in [0.15, 0.2) is 0 Å². The van der Waals surface area contributed by atoms with E-state index in [0.717, 1.165) is 53.9 Å². The second-order valence-electron chi connectivity index (χ2n) is 11.2. The van der Waals surface area contributed by atoms with Crippen molar-refractivity contribution in [1.29, 1.82) is 5.26 Å². The van der Waals surface area contributed by atoms with Gasteiger partial charge in [0.1, 0.15) is 23.2 Å². The Bertz CT molecular complexity index is 1660. The Hall–Kier alpha value is -4.58. The molecule has 0 saturated carbocycles. The standard InChI is InChI=1S/C30H32N10O/c1-4-21-13-23(17-37(2)3)36-26(14-21)29(41)38-11-6-24(7-12-38)39-18-30(19-39,8-9-31)40-16-22(15-35-40)27-25-5-10-32-28(25)34-20-33-27/h1,5,10,13-16,20,24H,6-8,11-12,17-19H2,2-3H3,(H,32,33,34). The number of rotatable bonds is 7. The summed E-state index contributed by atoms with van der Waals surface area (Å²) in [6.45, 7) is 3.40. The summed E-state index contributed by atoms with van der Waals surface area (Å²) in [5, 5.41) is 15.3. The van der Waals surface area contributed by atoms with Crippen LogP contribution in [0.5, 0.6) is 0 Å². The molecule has 1 amide bonds. The van der Waals surface area contributed by atoms with E-state index in [4.69, 9.17) is 6.42 Å². The van der Waals surface area contributed by atoms with Crippen molar-refractivity contribution in [2.75, 3.05) is 40.3 Å². The number of amides is 1. The molecule has 0 aliphatic carbocycles. The predicted octanol–water partition coefficient (Wildman–Crippen LogP) is 2.49. The van der Waals surface area contributed by atoms with E-state index in [1.807, 2.05) is 59.3 Å². The predicted molar refractivity (Wildman–Crippen MR) is 153 cm³/mol. The highest BCUT2D eigenvalue weighted by atomic mass is 16.2. The number of hydrogen-bond acceptors (Lipinski definition) is 8. The first-order chi connectivity index (χ1) is 19.9. The van der Waals surface area contributed by atoms with Crippen LogP contribution in [-0.2, 0) is 12.1 Å². The summed E-state index contributed by atoms with van der Waals surface area (Å²) in [7, 11) is 3.92. The van der Waals surface area contributed by atoms with Gasteiger partial charge in [0.05, 0.1) is 30.1 Å². The number of aromatic amines is 1. The lowest BCUT2D eigenvalue weighted by atomic mass is 9.83. The summed E-state index contributed by atoms with van der Waals surface area (Å²) in [5.74, 6) is 2.58. The van der Waals surface area contributed by atoms with Crippen LogP contribution in [0.1, 0.15) is 41.0 Å². The van der Waals surface area contributed by atoms with Crippen LogP contribution in [0.25, 0.3) is 22.3 Å². The van der Waals surface area contributed by atoms with Crippen molar-refractivity contribution in [3.63, 3.8) is 0 Å². The molecule has 0 bridgehead atoms. The molecule has 11 nitrogen and oxygen atoms in total. The van der Waals surface area contributed by atoms with Gasteiger partial charge in [-0.15, -0.1) is 6.42 Å². The molecule has 2 aliphatic rings. The molecule has 41 heavy (non-hydrogen) atoms. The third kappa shape index (κ3) is 5.06. The number of nitrogens with zero attached hydrogens (tertiary/aromatic N) is 9. The zero-order valence-corrected chi connectivity index (χ0v) is 23.3. The second-order valence-corrected chi connectivity index (χ2v) is 11.2. The molecule has 2 fully saturated rings. The van der Waals surface area contributed by atoms with Crippen LogP contribution >= 0.6 is 0 Å². The molecule has 0 aromatic carbocycles. The number of piperidine rings is 1. The molecule has 6 rings (SSSR count). The third-order valence-electron chi connectivity index (χ3n) is 8.11. The maximum Gasteiger partial charge on any atom is 0.272 e. The summed E-state index contributed by atoms with van der Waals surface area (Å²) >= 11 is 0. The number of carbonyl (C=O) groups excluding carboxylic acids is 1. The largest absolute Gasteiger partial charge is 0.346 e. The SMILES string of the molecule is C#Cc1cc(CN(C)C)nc(C(=O)N2CCC(N3CC(CC#N)(n4cc(-c5ncnc6[nH]ccc56)cn4)C3)CC2)c1. The summed E-state index contributed by atoms with van der Waals surface area (Å²) in [5.41, 5.74) is 3.98. The van der Waals surface area contributed by atoms with Crippen LogP contribution in [0.3, 0.4) is 0 Å². The Morgan fingerprint density at radius 2 is 2.05 bits per heavy atom. The Morgan fingerprint density at radius 3 is 2.78 bits per heavy atom. The fraction of sp³-hybridized carbons (Fsp3) is 0.400. The summed E-state index contributed by atoms with van der Waals surface area (Å²) in [4.78, 5) is 36.1. The van der Waals surface area contributed by atoms with Crippen molar-refractivity contribution in [1.82, 2.24) is 44.4 Å². The molecule has 6 heterocycles. The van der Waals surface area contributed by atoms with Crippen LogP contribution < -0.4 is 0 Å². The van der Waals surface area contributed by atoms with Crippen molar-refractivity contribution < 1.29 is 4.79 Å². The Kier molecular flexibility index (Phi) is 7.00. The number of nitriles is 1. The lowest BCUT2D eigenvalue weighted by Gasteiger charge is -2.53. The number of likely N-dealkylation sites (tertiary alicyclic amines) is 2. The summed E-state index contributed by atoms with van der Waals surface area (Å²) in [6, 6.07) is 8.25. The van der Waals surface area contributed by atoms with Crippen molar-refractivity contribution in [3.05, 3.63) is 60.1 Å². The van der Waals surface area contributed by atoms with E-state index in [2.05, 4.69) is 41.9 Å². The Morgan fingerprint density at radius 1 is 1.24 bits per heavy atom.